The van der Waals surface area contributed by atoms with E-state index in [2.05, 4.69) is 0 Å². The van der Waals surface area contributed by atoms with Crippen molar-refractivity contribution in [1.29, 1.82) is 0 Å². The Labute approximate surface area is 119 Å². The van der Waals surface area contributed by atoms with E-state index in [1.54, 1.807) is 0 Å². The molecule has 1 aromatic carbocycles. The second kappa shape index (κ2) is 9.85. The third-order valence-corrected chi connectivity index (χ3v) is 3.07. The molecule has 5 nitrogen and oxygen atoms in total. The quantitative estimate of drug-likeness (QED) is 0.468. The summed E-state index contributed by atoms with van der Waals surface area (Å²) in [7, 11) is 0. The highest BCUT2D eigenvalue weighted by Gasteiger charge is 2.19. The molecule has 0 spiro atoms. The lowest BCUT2D eigenvalue weighted by molar-refractivity contribution is -0.0296. The average molecular weight is 284 g/mol. The molecule has 20 heavy (non-hydrogen) atoms. The minimum absolute atomic E-state index is 0.0253. The molecule has 0 aromatic heterocycles. The van der Waals surface area contributed by atoms with E-state index in [0.717, 1.165) is 5.56 Å². The SMILES string of the molecule is OC[C@@H](O)C[C@H](O)[C@@H](O)CCCOCc1ccccc1. The topological polar surface area (TPSA) is 90.2 Å². The van der Waals surface area contributed by atoms with Crippen LogP contribution in [0.4, 0.5) is 0 Å². The van der Waals surface area contributed by atoms with Crippen molar-refractivity contribution in [2.45, 2.75) is 44.2 Å². The molecule has 0 radical (unpaired) electrons. The van der Waals surface area contributed by atoms with Gasteiger partial charge in [-0.1, -0.05) is 30.3 Å². The third-order valence-electron chi connectivity index (χ3n) is 3.07. The van der Waals surface area contributed by atoms with Crippen LogP contribution in [0.1, 0.15) is 24.8 Å². The maximum Gasteiger partial charge on any atom is 0.0824 e. The summed E-state index contributed by atoms with van der Waals surface area (Å²) in [5, 5.41) is 37.1. The van der Waals surface area contributed by atoms with Crippen molar-refractivity contribution in [3.8, 4) is 0 Å². The van der Waals surface area contributed by atoms with E-state index in [4.69, 9.17) is 14.9 Å². The van der Waals surface area contributed by atoms with Gasteiger partial charge in [0, 0.05) is 13.0 Å². The molecule has 0 saturated carbocycles. The first-order valence-electron chi connectivity index (χ1n) is 6.90. The van der Waals surface area contributed by atoms with Gasteiger partial charge in [0.1, 0.15) is 0 Å². The first-order chi connectivity index (χ1) is 9.63. The Hall–Kier alpha value is -0.980. The molecule has 0 fully saturated rings. The molecular formula is C15H24O5. The summed E-state index contributed by atoms with van der Waals surface area (Å²) in [6.07, 6.45) is -1.92. The normalized spacial score (nSPS) is 15.8. The highest BCUT2D eigenvalue weighted by atomic mass is 16.5. The summed E-state index contributed by atoms with van der Waals surface area (Å²) >= 11 is 0. The van der Waals surface area contributed by atoms with Crippen LogP contribution in [0.3, 0.4) is 0 Å². The van der Waals surface area contributed by atoms with Gasteiger partial charge in [0.05, 0.1) is 31.5 Å². The van der Waals surface area contributed by atoms with Crippen LogP contribution in [-0.2, 0) is 11.3 Å². The molecule has 0 amide bonds. The number of aliphatic hydroxyl groups is 4. The predicted molar refractivity (Wildman–Crippen MR) is 75.1 cm³/mol. The maximum atomic E-state index is 9.68. The molecule has 4 N–H and O–H groups in total. The summed E-state index contributed by atoms with van der Waals surface area (Å²) < 4.78 is 5.47. The van der Waals surface area contributed by atoms with Gasteiger partial charge in [0.25, 0.3) is 0 Å². The molecule has 0 bridgehead atoms. The highest BCUT2D eigenvalue weighted by Crippen LogP contribution is 2.09. The van der Waals surface area contributed by atoms with Gasteiger partial charge in [-0.05, 0) is 18.4 Å². The number of hydrogen-bond acceptors (Lipinski definition) is 5. The van der Waals surface area contributed by atoms with Crippen molar-refractivity contribution in [3.05, 3.63) is 35.9 Å². The number of hydrogen-bond donors (Lipinski definition) is 4. The zero-order valence-electron chi connectivity index (χ0n) is 11.6. The molecule has 0 aliphatic rings. The Morgan fingerprint density at radius 3 is 2.35 bits per heavy atom. The number of aliphatic hydroxyl groups excluding tert-OH is 4. The van der Waals surface area contributed by atoms with Gasteiger partial charge < -0.3 is 25.2 Å². The number of benzene rings is 1. The molecule has 0 saturated heterocycles. The van der Waals surface area contributed by atoms with Gasteiger partial charge in [-0.2, -0.15) is 0 Å². The lowest BCUT2D eigenvalue weighted by Gasteiger charge is -2.19. The summed E-state index contributed by atoms with van der Waals surface area (Å²) in [5.74, 6) is 0. The van der Waals surface area contributed by atoms with E-state index < -0.39 is 24.9 Å². The molecule has 0 unspecified atom stereocenters. The molecule has 0 heterocycles. The van der Waals surface area contributed by atoms with Crippen LogP contribution in [0.25, 0.3) is 0 Å². The standard InChI is InChI=1S/C15H24O5/c16-10-13(17)9-15(19)14(18)7-4-8-20-11-12-5-2-1-3-6-12/h1-3,5-6,13-19H,4,7-11H2/t13-,14-,15-/m0/s1. The van der Waals surface area contributed by atoms with E-state index >= 15 is 0 Å². The summed E-state index contributed by atoms with van der Waals surface area (Å²) in [6.45, 7) is 0.619. The van der Waals surface area contributed by atoms with Crippen LogP contribution in [-0.4, -0.2) is 52.0 Å². The Balaban J connectivity index is 2.08. The monoisotopic (exact) mass is 284 g/mol. The average Bonchev–Trinajstić information content (AvgIpc) is 2.47. The second-order valence-corrected chi connectivity index (χ2v) is 4.89. The third kappa shape index (κ3) is 6.98. The number of ether oxygens (including phenoxy) is 1. The summed E-state index contributed by atoms with van der Waals surface area (Å²) in [4.78, 5) is 0. The smallest absolute Gasteiger partial charge is 0.0824 e. The number of rotatable bonds is 10. The van der Waals surface area contributed by atoms with Crippen LogP contribution in [0.5, 0.6) is 0 Å². The molecule has 0 aliphatic carbocycles. The fraction of sp³-hybridized carbons (Fsp3) is 0.600. The van der Waals surface area contributed by atoms with Crippen LogP contribution >= 0.6 is 0 Å². The van der Waals surface area contributed by atoms with Crippen molar-refractivity contribution in [1.82, 2.24) is 0 Å². The zero-order valence-corrected chi connectivity index (χ0v) is 11.6. The van der Waals surface area contributed by atoms with E-state index in [-0.39, 0.29) is 6.42 Å². The van der Waals surface area contributed by atoms with Crippen molar-refractivity contribution in [3.63, 3.8) is 0 Å². The van der Waals surface area contributed by atoms with Crippen molar-refractivity contribution in [2.75, 3.05) is 13.2 Å². The van der Waals surface area contributed by atoms with Crippen LogP contribution in [0.15, 0.2) is 30.3 Å². The fourth-order valence-corrected chi connectivity index (χ4v) is 1.86. The summed E-state index contributed by atoms with van der Waals surface area (Å²) in [6, 6.07) is 9.81. The van der Waals surface area contributed by atoms with E-state index in [1.807, 2.05) is 30.3 Å². The molecule has 1 aromatic rings. The lowest BCUT2D eigenvalue weighted by atomic mass is 10.0. The molecule has 5 heteroatoms. The Bertz CT molecular complexity index is 343. The lowest BCUT2D eigenvalue weighted by Crippen LogP contribution is -2.31. The minimum atomic E-state index is -1.02. The van der Waals surface area contributed by atoms with Crippen LogP contribution in [0.2, 0.25) is 0 Å². The van der Waals surface area contributed by atoms with Crippen molar-refractivity contribution >= 4 is 0 Å². The first-order valence-corrected chi connectivity index (χ1v) is 6.90. The second-order valence-electron chi connectivity index (χ2n) is 4.89. The molecule has 1 rings (SSSR count). The Morgan fingerprint density at radius 2 is 1.70 bits per heavy atom. The zero-order chi connectivity index (χ0) is 14.8. The molecular weight excluding hydrogens is 260 g/mol. The molecule has 114 valence electrons. The van der Waals surface area contributed by atoms with E-state index in [9.17, 15) is 10.2 Å². The van der Waals surface area contributed by atoms with Gasteiger partial charge in [-0.3, -0.25) is 0 Å². The molecule has 3 atom stereocenters. The van der Waals surface area contributed by atoms with Crippen LogP contribution < -0.4 is 0 Å². The van der Waals surface area contributed by atoms with Gasteiger partial charge in [-0.15, -0.1) is 0 Å². The van der Waals surface area contributed by atoms with Gasteiger partial charge in [0.2, 0.25) is 0 Å². The first kappa shape index (κ1) is 17.1. The van der Waals surface area contributed by atoms with E-state index in [0.29, 0.717) is 26.1 Å². The summed E-state index contributed by atoms with van der Waals surface area (Å²) in [5.41, 5.74) is 1.10. The van der Waals surface area contributed by atoms with Crippen molar-refractivity contribution in [2.24, 2.45) is 0 Å². The molecule has 0 aliphatic heterocycles. The van der Waals surface area contributed by atoms with Gasteiger partial charge in [-0.25, -0.2) is 0 Å². The van der Waals surface area contributed by atoms with Crippen LogP contribution in [0, 0.1) is 0 Å². The van der Waals surface area contributed by atoms with Crippen molar-refractivity contribution < 1.29 is 25.2 Å². The Morgan fingerprint density at radius 1 is 1.00 bits per heavy atom. The van der Waals surface area contributed by atoms with E-state index in [1.165, 1.54) is 0 Å². The largest absolute Gasteiger partial charge is 0.394 e. The fourth-order valence-electron chi connectivity index (χ4n) is 1.86. The Kier molecular flexibility index (Phi) is 8.41. The van der Waals surface area contributed by atoms with Gasteiger partial charge in [0.15, 0.2) is 0 Å². The highest BCUT2D eigenvalue weighted by molar-refractivity contribution is 5.13. The minimum Gasteiger partial charge on any atom is -0.394 e. The van der Waals surface area contributed by atoms with Gasteiger partial charge >= 0.3 is 0 Å². The predicted octanol–water partition coefficient (Wildman–Crippen LogP) is 0.448. The maximum absolute atomic E-state index is 9.68.